The number of hydrogen-bond acceptors (Lipinski definition) is 3. The van der Waals surface area contributed by atoms with Crippen LogP contribution in [0.25, 0.3) is 0 Å². The van der Waals surface area contributed by atoms with E-state index < -0.39 is 17.5 Å². The van der Waals surface area contributed by atoms with Crippen molar-refractivity contribution < 1.29 is 18.3 Å². The van der Waals surface area contributed by atoms with E-state index in [1.165, 1.54) is 13.2 Å². The molecule has 0 heterocycles. The molecule has 0 saturated heterocycles. The van der Waals surface area contributed by atoms with Gasteiger partial charge in [0.15, 0.2) is 11.6 Å². The van der Waals surface area contributed by atoms with Crippen LogP contribution in [0.4, 0.5) is 20.2 Å². The maximum absolute atomic E-state index is 13.7. The van der Waals surface area contributed by atoms with Gasteiger partial charge in [-0.3, -0.25) is 4.79 Å². The molecule has 4 nitrogen and oxygen atoms in total. The molecule has 21 heavy (non-hydrogen) atoms. The quantitative estimate of drug-likeness (QED) is 0.854. The van der Waals surface area contributed by atoms with Crippen LogP contribution in [0.1, 0.15) is 15.9 Å². The van der Waals surface area contributed by atoms with Gasteiger partial charge in [-0.1, -0.05) is 11.6 Å². The zero-order chi connectivity index (χ0) is 15.6. The summed E-state index contributed by atoms with van der Waals surface area (Å²) in [6.07, 6.45) is 0. The number of amides is 1. The lowest BCUT2D eigenvalue weighted by Gasteiger charge is -2.12. The molecule has 0 spiro atoms. The van der Waals surface area contributed by atoms with Crippen molar-refractivity contribution in [2.45, 2.75) is 6.92 Å². The first-order valence-electron chi connectivity index (χ1n) is 6.13. The lowest BCUT2D eigenvalue weighted by Crippen LogP contribution is -2.16. The van der Waals surface area contributed by atoms with Crippen LogP contribution in [0.15, 0.2) is 30.3 Å². The van der Waals surface area contributed by atoms with E-state index in [1.54, 1.807) is 25.1 Å². The van der Waals surface area contributed by atoms with Crippen LogP contribution in [0.5, 0.6) is 5.75 Å². The molecule has 0 atom stereocenters. The van der Waals surface area contributed by atoms with Gasteiger partial charge in [0.1, 0.15) is 11.4 Å². The molecular formula is C15H14F2N2O2. The van der Waals surface area contributed by atoms with E-state index >= 15 is 0 Å². The van der Waals surface area contributed by atoms with Crippen LogP contribution >= 0.6 is 0 Å². The predicted molar refractivity (Wildman–Crippen MR) is 76.5 cm³/mol. The number of ether oxygens (including phenoxy) is 1. The highest BCUT2D eigenvalue weighted by molar-refractivity contribution is 6.07. The molecule has 0 aliphatic heterocycles. The Bertz CT molecular complexity index is 702. The summed E-state index contributed by atoms with van der Waals surface area (Å²) in [6.45, 7) is 1.80. The van der Waals surface area contributed by atoms with Crippen molar-refractivity contribution in [2.24, 2.45) is 0 Å². The van der Waals surface area contributed by atoms with Crippen LogP contribution < -0.4 is 15.8 Å². The Morgan fingerprint density at radius 2 is 1.95 bits per heavy atom. The van der Waals surface area contributed by atoms with Crippen molar-refractivity contribution in [3.63, 3.8) is 0 Å². The number of nitrogens with two attached hydrogens (primary N) is 1. The minimum Gasteiger partial charge on any atom is -0.496 e. The molecule has 0 aliphatic carbocycles. The summed E-state index contributed by atoms with van der Waals surface area (Å²) in [7, 11) is 1.42. The molecule has 0 aliphatic rings. The molecule has 0 bridgehead atoms. The highest BCUT2D eigenvalue weighted by Crippen LogP contribution is 2.27. The van der Waals surface area contributed by atoms with Gasteiger partial charge in [-0.15, -0.1) is 0 Å². The van der Waals surface area contributed by atoms with E-state index in [-0.39, 0.29) is 16.9 Å². The summed E-state index contributed by atoms with van der Waals surface area (Å²) in [4.78, 5) is 12.2. The maximum Gasteiger partial charge on any atom is 0.259 e. The summed E-state index contributed by atoms with van der Waals surface area (Å²) in [5.74, 6) is -2.59. The van der Waals surface area contributed by atoms with Gasteiger partial charge in [0, 0.05) is 0 Å². The lowest BCUT2D eigenvalue weighted by atomic mass is 10.1. The van der Waals surface area contributed by atoms with Gasteiger partial charge in [0.25, 0.3) is 5.91 Å². The Kier molecular flexibility index (Phi) is 4.07. The Hall–Kier alpha value is -2.63. The number of methoxy groups -OCH3 is 1. The second-order valence-corrected chi connectivity index (χ2v) is 4.48. The third-order valence-corrected chi connectivity index (χ3v) is 2.97. The molecule has 2 rings (SSSR count). The third kappa shape index (κ3) is 2.94. The second kappa shape index (κ2) is 5.78. The molecule has 0 radical (unpaired) electrons. The first kappa shape index (κ1) is 14.8. The monoisotopic (exact) mass is 292 g/mol. The van der Waals surface area contributed by atoms with Crippen LogP contribution in [0.2, 0.25) is 0 Å². The SMILES string of the molecule is COc1ccc(C)cc1C(=O)Nc1c(N)ccc(F)c1F. The average Bonchev–Trinajstić information content (AvgIpc) is 2.47. The number of nitrogen functional groups attached to an aromatic ring is 1. The smallest absolute Gasteiger partial charge is 0.259 e. The molecule has 2 aromatic rings. The fourth-order valence-electron chi connectivity index (χ4n) is 1.87. The van der Waals surface area contributed by atoms with Crippen LogP contribution in [-0.4, -0.2) is 13.0 Å². The molecule has 2 aromatic carbocycles. The topological polar surface area (TPSA) is 64.3 Å². The zero-order valence-electron chi connectivity index (χ0n) is 11.5. The molecule has 6 heteroatoms. The first-order valence-corrected chi connectivity index (χ1v) is 6.13. The first-order chi connectivity index (χ1) is 9.93. The highest BCUT2D eigenvalue weighted by Gasteiger charge is 2.18. The normalized spacial score (nSPS) is 10.3. The average molecular weight is 292 g/mol. The van der Waals surface area contributed by atoms with E-state index in [0.29, 0.717) is 5.75 Å². The Morgan fingerprint density at radius 1 is 1.24 bits per heavy atom. The van der Waals surface area contributed by atoms with Crippen LogP contribution in [-0.2, 0) is 0 Å². The number of carbonyl (C=O) groups excluding carboxylic acids is 1. The molecule has 3 N–H and O–H groups in total. The summed E-state index contributed by atoms with van der Waals surface area (Å²) < 4.78 is 32.0. The highest BCUT2D eigenvalue weighted by atomic mass is 19.2. The van der Waals surface area contributed by atoms with Gasteiger partial charge in [0.2, 0.25) is 0 Å². The molecule has 110 valence electrons. The Balaban J connectivity index is 2.39. The number of nitrogens with one attached hydrogen (secondary N) is 1. The van der Waals surface area contributed by atoms with E-state index in [0.717, 1.165) is 11.6 Å². The lowest BCUT2D eigenvalue weighted by molar-refractivity contribution is 0.102. The predicted octanol–water partition coefficient (Wildman–Crippen LogP) is 3.12. The van der Waals surface area contributed by atoms with Gasteiger partial charge < -0.3 is 15.8 Å². The summed E-state index contributed by atoms with van der Waals surface area (Å²) in [5, 5.41) is 2.28. The van der Waals surface area contributed by atoms with Crippen molar-refractivity contribution in [3.8, 4) is 5.75 Å². The van der Waals surface area contributed by atoms with Crippen molar-refractivity contribution >= 4 is 17.3 Å². The van der Waals surface area contributed by atoms with Crippen LogP contribution in [0, 0.1) is 18.6 Å². The number of aryl methyl sites for hydroxylation is 1. The summed E-state index contributed by atoms with van der Waals surface area (Å²) in [6, 6.07) is 7.05. The molecule has 0 fully saturated rings. The van der Waals surface area contributed by atoms with E-state index in [4.69, 9.17) is 10.5 Å². The number of halogens is 2. The third-order valence-electron chi connectivity index (χ3n) is 2.97. The van der Waals surface area contributed by atoms with Crippen molar-refractivity contribution in [2.75, 3.05) is 18.2 Å². The van der Waals surface area contributed by atoms with E-state index in [2.05, 4.69) is 5.32 Å². The molecule has 1 amide bonds. The van der Waals surface area contributed by atoms with Crippen LogP contribution in [0.3, 0.4) is 0 Å². The molecule has 0 saturated carbocycles. The Morgan fingerprint density at radius 3 is 2.62 bits per heavy atom. The van der Waals surface area contributed by atoms with Gasteiger partial charge in [-0.05, 0) is 31.2 Å². The number of carbonyl (C=O) groups is 1. The number of benzene rings is 2. The fraction of sp³-hybridized carbons (Fsp3) is 0.133. The largest absolute Gasteiger partial charge is 0.496 e. The summed E-state index contributed by atoms with van der Waals surface area (Å²) >= 11 is 0. The second-order valence-electron chi connectivity index (χ2n) is 4.48. The van der Waals surface area contributed by atoms with Gasteiger partial charge >= 0.3 is 0 Å². The van der Waals surface area contributed by atoms with Crippen molar-refractivity contribution in [1.29, 1.82) is 0 Å². The minimum atomic E-state index is -1.20. The minimum absolute atomic E-state index is 0.0612. The van der Waals surface area contributed by atoms with Gasteiger partial charge in [-0.2, -0.15) is 0 Å². The zero-order valence-corrected chi connectivity index (χ0v) is 11.5. The van der Waals surface area contributed by atoms with Crippen molar-refractivity contribution in [1.82, 2.24) is 0 Å². The van der Waals surface area contributed by atoms with E-state index in [9.17, 15) is 13.6 Å². The molecule has 0 unspecified atom stereocenters. The number of rotatable bonds is 3. The Labute approximate surface area is 120 Å². The van der Waals surface area contributed by atoms with E-state index in [1.807, 2.05) is 0 Å². The van der Waals surface area contributed by atoms with Crippen molar-refractivity contribution in [3.05, 3.63) is 53.1 Å². The fourth-order valence-corrected chi connectivity index (χ4v) is 1.87. The number of hydrogen-bond donors (Lipinski definition) is 2. The molecular weight excluding hydrogens is 278 g/mol. The maximum atomic E-state index is 13.7. The molecule has 0 aromatic heterocycles. The number of anilines is 2. The summed E-state index contributed by atoms with van der Waals surface area (Å²) in [5.41, 5.74) is 6.15. The van der Waals surface area contributed by atoms with Gasteiger partial charge in [-0.25, -0.2) is 8.78 Å². The standard InChI is InChI=1S/C15H14F2N2O2/c1-8-3-6-12(21-2)9(7-8)15(20)19-14-11(18)5-4-10(16)13(14)17/h3-7H,18H2,1-2H3,(H,19,20). The van der Waals surface area contributed by atoms with Gasteiger partial charge in [0.05, 0.1) is 18.4 Å².